The van der Waals surface area contributed by atoms with Crippen LogP contribution in [-0.4, -0.2) is 23.5 Å². The van der Waals surface area contributed by atoms with Gasteiger partial charge in [0.15, 0.2) is 0 Å². The van der Waals surface area contributed by atoms with Gasteiger partial charge >= 0.3 is 0 Å². The van der Waals surface area contributed by atoms with Crippen LogP contribution in [0.15, 0.2) is 59.3 Å². The van der Waals surface area contributed by atoms with Gasteiger partial charge in [0, 0.05) is 40.7 Å². The number of aryl methyl sites for hydroxylation is 1. The number of ether oxygens (including phenoxy) is 1. The lowest BCUT2D eigenvalue weighted by Gasteiger charge is -2.03. The number of fused-ring (bicyclic) bond motifs is 2. The molecule has 0 bridgehead atoms. The quantitative estimate of drug-likeness (QED) is 0.559. The van der Waals surface area contributed by atoms with Crippen molar-refractivity contribution in [2.75, 3.05) is 7.11 Å². The van der Waals surface area contributed by atoms with Crippen molar-refractivity contribution in [2.45, 2.75) is 0 Å². The lowest BCUT2D eigenvalue weighted by atomic mass is 9.95. The van der Waals surface area contributed by atoms with E-state index < -0.39 is 11.8 Å². The van der Waals surface area contributed by atoms with Gasteiger partial charge < -0.3 is 13.7 Å². The molecule has 2 amide bonds. The van der Waals surface area contributed by atoms with Gasteiger partial charge in [-0.1, -0.05) is 18.2 Å². The number of carbonyl (C=O) groups is 2. The minimum Gasteiger partial charge on any atom is -0.497 e. The number of imide groups is 1. The number of para-hydroxylation sites is 1. The second kappa shape index (κ2) is 5.85. The van der Waals surface area contributed by atoms with Gasteiger partial charge in [-0.3, -0.25) is 14.9 Å². The summed E-state index contributed by atoms with van der Waals surface area (Å²) < 4.78 is 12.9. The summed E-state index contributed by atoms with van der Waals surface area (Å²) in [6.45, 7) is 0. The zero-order valence-electron chi connectivity index (χ0n) is 15.3. The van der Waals surface area contributed by atoms with Crippen LogP contribution in [-0.2, 0) is 16.6 Å². The van der Waals surface area contributed by atoms with Crippen LogP contribution in [0.5, 0.6) is 5.75 Å². The number of methoxy groups -OCH3 is 1. The number of furan rings is 1. The molecule has 4 aromatic rings. The zero-order chi connectivity index (χ0) is 19.4. The highest BCUT2D eigenvalue weighted by Gasteiger charge is 2.35. The fourth-order valence-corrected chi connectivity index (χ4v) is 3.84. The van der Waals surface area contributed by atoms with E-state index in [1.54, 1.807) is 25.3 Å². The van der Waals surface area contributed by atoms with Gasteiger partial charge in [0.05, 0.1) is 24.5 Å². The Bertz CT molecular complexity index is 1320. The van der Waals surface area contributed by atoms with E-state index in [1.807, 2.05) is 42.1 Å². The zero-order valence-corrected chi connectivity index (χ0v) is 15.3. The molecule has 5 rings (SSSR count). The molecule has 2 aromatic heterocycles. The monoisotopic (exact) mass is 372 g/mol. The van der Waals surface area contributed by atoms with Gasteiger partial charge in [0.25, 0.3) is 11.8 Å². The Morgan fingerprint density at radius 1 is 0.964 bits per heavy atom. The summed E-state index contributed by atoms with van der Waals surface area (Å²) in [6.07, 6.45) is 3.39. The smallest absolute Gasteiger partial charge is 0.259 e. The predicted molar refractivity (Wildman–Crippen MR) is 106 cm³/mol. The van der Waals surface area contributed by atoms with Gasteiger partial charge in [0.1, 0.15) is 11.3 Å². The maximum absolute atomic E-state index is 12.7. The molecule has 0 unspecified atom stereocenters. The lowest BCUT2D eigenvalue weighted by molar-refractivity contribution is -0.122. The van der Waals surface area contributed by atoms with Crippen LogP contribution in [0.4, 0.5) is 0 Å². The molecule has 6 heteroatoms. The van der Waals surface area contributed by atoms with Crippen LogP contribution in [0.2, 0.25) is 0 Å². The number of benzene rings is 2. The summed E-state index contributed by atoms with van der Waals surface area (Å²) in [7, 11) is 3.49. The normalized spacial score (nSPS) is 14.4. The molecule has 0 aliphatic carbocycles. The van der Waals surface area contributed by atoms with Crippen LogP contribution in [0.25, 0.3) is 33.0 Å². The Kier molecular flexibility index (Phi) is 3.42. The van der Waals surface area contributed by atoms with Crippen LogP contribution in [0, 0.1) is 0 Å². The van der Waals surface area contributed by atoms with Crippen molar-refractivity contribution >= 4 is 44.8 Å². The SMILES string of the molecule is COc1ccc2occ(C3=C(c4cn(C)c5ccccc45)C(=O)NC3=O)c2c1. The molecule has 1 aliphatic heterocycles. The van der Waals surface area contributed by atoms with Crippen molar-refractivity contribution in [2.24, 2.45) is 7.05 Å². The second-order valence-corrected chi connectivity index (χ2v) is 6.72. The second-order valence-electron chi connectivity index (χ2n) is 6.72. The maximum atomic E-state index is 12.7. The minimum absolute atomic E-state index is 0.313. The van der Waals surface area contributed by atoms with E-state index in [1.165, 1.54) is 6.26 Å². The first-order valence-corrected chi connectivity index (χ1v) is 8.78. The molecule has 1 N–H and O–H groups in total. The topological polar surface area (TPSA) is 73.5 Å². The average molecular weight is 372 g/mol. The van der Waals surface area contributed by atoms with Crippen LogP contribution in [0.1, 0.15) is 11.1 Å². The number of rotatable bonds is 3. The molecular weight excluding hydrogens is 356 g/mol. The van der Waals surface area contributed by atoms with Crippen molar-refractivity contribution in [1.29, 1.82) is 0 Å². The summed E-state index contributed by atoms with van der Waals surface area (Å²) in [5.74, 6) is -0.195. The Hall–Kier alpha value is -3.80. The number of hydrogen-bond donors (Lipinski definition) is 1. The average Bonchev–Trinajstić information content (AvgIpc) is 3.34. The van der Waals surface area contributed by atoms with Crippen molar-refractivity contribution in [1.82, 2.24) is 9.88 Å². The molecule has 0 saturated carbocycles. The fourth-order valence-electron chi connectivity index (χ4n) is 3.84. The van der Waals surface area contributed by atoms with Crippen molar-refractivity contribution in [3.8, 4) is 5.75 Å². The third-order valence-electron chi connectivity index (χ3n) is 5.15. The van der Waals surface area contributed by atoms with E-state index >= 15 is 0 Å². The molecule has 1 aliphatic rings. The summed E-state index contributed by atoms with van der Waals surface area (Å²) >= 11 is 0. The Morgan fingerprint density at radius 3 is 2.50 bits per heavy atom. The molecule has 0 radical (unpaired) electrons. The minimum atomic E-state index is -0.432. The first kappa shape index (κ1) is 16.4. The molecule has 0 atom stereocenters. The number of nitrogens with zero attached hydrogens (tertiary/aromatic N) is 1. The van der Waals surface area contributed by atoms with Gasteiger partial charge in [-0.15, -0.1) is 0 Å². The van der Waals surface area contributed by atoms with E-state index in [4.69, 9.17) is 9.15 Å². The largest absolute Gasteiger partial charge is 0.497 e. The fraction of sp³-hybridized carbons (Fsp3) is 0.0909. The summed E-state index contributed by atoms with van der Waals surface area (Å²) in [6, 6.07) is 13.2. The van der Waals surface area contributed by atoms with Gasteiger partial charge in [-0.05, 0) is 24.3 Å². The summed E-state index contributed by atoms with van der Waals surface area (Å²) in [5.41, 5.74) is 3.55. The van der Waals surface area contributed by atoms with E-state index in [0.717, 1.165) is 16.3 Å². The van der Waals surface area contributed by atoms with Gasteiger partial charge in [-0.2, -0.15) is 0 Å². The first-order chi connectivity index (χ1) is 13.6. The van der Waals surface area contributed by atoms with E-state index in [2.05, 4.69) is 5.32 Å². The molecule has 0 saturated heterocycles. The highest BCUT2D eigenvalue weighted by atomic mass is 16.5. The highest BCUT2D eigenvalue weighted by molar-refractivity contribution is 6.50. The van der Waals surface area contributed by atoms with Crippen molar-refractivity contribution in [3.63, 3.8) is 0 Å². The number of hydrogen-bond acceptors (Lipinski definition) is 4. The van der Waals surface area contributed by atoms with Gasteiger partial charge in [-0.25, -0.2) is 0 Å². The summed E-state index contributed by atoms with van der Waals surface area (Å²) in [4.78, 5) is 25.5. The molecular formula is C22H16N2O4. The van der Waals surface area contributed by atoms with Crippen molar-refractivity contribution in [3.05, 3.63) is 66.1 Å². The standard InChI is InChI=1S/C22H16N2O4/c1-24-10-15(13-5-3-4-6-17(13)24)19-20(22(26)23-21(19)25)16-11-28-18-8-7-12(27-2)9-14(16)18/h3-11H,1-2H3,(H,23,25,26). The summed E-state index contributed by atoms with van der Waals surface area (Å²) in [5, 5.41) is 4.07. The van der Waals surface area contributed by atoms with E-state index in [9.17, 15) is 9.59 Å². The van der Waals surface area contributed by atoms with E-state index in [0.29, 0.717) is 33.6 Å². The molecule has 6 nitrogen and oxygen atoms in total. The molecule has 0 spiro atoms. The van der Waals surface area contributed by atoms with E-state index in [-0.39, 0.29) is 0 Å². The van der Waals surface area contributed by atoms with Gasteiger partial charge in [0.2, 0.25) is 0 Å². The number of carbonyl (C=O) groups excluding carboxylic acids is 2. The molecule has 138 valence electrons. The Balaban J connectivity index is 1.84. The number of amides is 2. The Labute approximate surface area is 160 Å². The van der Waals surface area contributed by atoms with Crippen molar-refractivity contribution < 1.29 is 18.7 Å². The maximum Gasteiger partial charge on any atom is 0.259 e. The Morgan fingerprint density at radius 2 is 1.71 bits per heavy atom. The molecule has 3 heterocycles. The predicted octanol–water partition coefficient (Wildman–Crippen LogP) is 3.50. The third-order valence-corrected chi connectivity index (χ3v) is 5.15. The van der Waals surface area contributed by atoms with Crippen LogP contribution >= 0.6 is 0 Å². The lowest BCUT2D eigenvalue weighted by Crippen LogP contribution is -2.22. The van der Waals surface area contributed by atoms with Crippen LogP contribution in [0.3, 0.4) is 0 Å². The first-order valence-electron chi connectivity index (χ1n) is 8.78. The number of nitrogens with one attached hydrogen (secondary N) is 1. The third kappa shape index (κ3) is 2.21. The number of aromatic nitrogens is 1. The van der Waals surface area contributed by atoms with Crippen LogP contribution < -0.4 is 10.1 Å². The molecule has 2 aromatic carbocycles. The molecule has 28 heavy (non-hydrogen) atoms. The highest BCUT2D eigenvalue weighted by Crippen LogP contribution is 2.39. The molecule has 0 fully saturated rings.